The summed E-state index contributed by atoms with van der Waals surface area (Å²) in [5, 5.41) is 16.2. The smallest absolute Gasteiger partial charge is 0.287 e. The van der Waals surface area contributed by atoms with E-state index in [4.69, 9.17) is 22.4 Å². The number of aliphatic hydroxyl groups excluding tert-OH is 1. The summed E-state index contributed by atoms with van der Waals surface area (Å²) in [6.45, 7) is -0.00865. The lowest BCUT2D eigenvalue weighted by Gasteiger charge is -2.24. The number of nitrogens with one attached hydrogen (secondary N) is 1. The monoisotopic (exact) mass is 300 g/mol. The third-order valence-corrected chi connectivity index (χ3v) is 4.07. The van der Waals surface area contributed by atoms with Gasteiger partial charge in [0.2, 0.25) is 0 Å². The average Bonchev–Trinajstić information content (AvgIpc) is 2.64. The van der Waals surface area contributed by atoms with Crippen molar-refractivity contribution in [3.8, 4) is 0 Å². The zero-order valence-electron chi connectivity index (χ0n) is 11.4. The quantitative estimate of drug-likeness (QED) is 0.720. The Hall–Kier alpha value is -1.11. The van der Waals surface area contributed by atoms with Crippen LogP contribution in [0.15, 0.2) is 11.0 Å². The molecule has 112 valence electrons. The van der Waals surface area contributed by atoms with Gasteiger partial charge in [0, 0.05) is 12.1 Å². The minimum absolute atomic E-state index is 0.0634. The van der Waals surface area contributed by atoms with Gasteiger partial charge in [-0.2, -0.15) is 5.10 Å². The van der Waals surface area contributed by atoms with Crippen molar-refractivity contribution in [3.05, 3.63) is 21.6 Å². The summed E-state index contributed by atoms with van der Waals surface area (Å²) in [7, 11) is 0. The number of halogens is 1. The van der Waals surface area contributed by atoms with Crippen LogP contribution < -0.4 is 16.6 Å². The lowest BCUT2D eigenvalue weighted by atomic mass is 10.0. The van der Waals surface area contributed by atoms with Gasteiger partial charge in [-0.15, -0.1) is 0 Å². The standard InChI is InChI=1S/C13H21ClN4O2/c14-12-11(8-16-18(6-7-19)13(12)20)17-10-5-3-1-2-4-9(10)15/h8-10,17,19H,1-7,15H2. The van der Waals surface area contributed by atoms with Gasteiger partial charge in [-0.25, -0.2) is 4.68 Å². The summed E-state index contributed by atoms with van der Waals surface area (Å²) in [6.07, 6.45) is 6.93. The summed E-state index contributed by atoms with van der Waals surface area (Å²) >= 11 is 6.08. The number of rotatable bonds is 4. The van der Waals surface area contributed by atoms with Crippen molar-refractivity contribution in [2.24, 2.45) is 5.73 Å². The van der Waals surface area contributed by atoms with Gasteiger partial charge in [0.25, 0.3) is 5.56 Å². The second-order valence-electron chi connectivity index (χ2n) is 5.18. The van der Waals surface area contributed by atoms with E-state index < -0.39 is 5.56 Å². The highest BCUT2D eigenvalue weighted by molar-refractivity contribution is 6.32. The first-order valence-corrected chi connectivity index (χ1v) is 7.40. The van der Waals surface area contributed by atoms with Gasteiger partial charge in [-0.3, -0.25) is 4.79 Å². The Bertz CT molecular complexity index is 506. The molecule has 4 N–H and O–H groups in total. The molecular formula is C13H21ClN4O2. The highest BCUT2D eigenvalue weighted by Gasteiger charge is 2.21. The predicted molar refractivity (Wildman–Crippen MR) is 79.1 cm³/mol. The molecule has 1 aromatic heterocycles. The Labute approximate surface area is 122 Å². The van der Waals surface area contributed by atoms with Crippen LogP contribution in [0.25, 0.3) is 0 Å². The van der Waals surface area contributed by atoms with Crippen molar-refractivity contribution >= 4 is 17.3 Å². The van der Waals surface area contributed by atoms with E-state index in [2.05, 4.69) is 10.4 Å². The molecule has 0 aliphatic heterocycles. The van der Waals surface area contributed by atoms with Crippen molar-refractivity contribution in [1.29, 1.82) is 0 Å². The molecule has 2 rings (SSSR count). The normalized spacial score (nSPS) is 23.4. The molecule has 6 nitrogen and oxygen atoms in total. The van der Waals surface area contributed by atoms with E-state index in [-0.39, 0.29) is 30.3 Å². The van der Waals surface area contributed by atoms with Crippen LogP contribution in [0.4, 0.5) is 5.69 Å². The number of nitrogens with zero attached hydrogens (tertiary/aromatic N) is 2. The first-order chi connectivity index (χ1) is 9.63. The van der Waals surface area contributed by atoms with Gasteiger partial charge in [0.05, 0.1) is 25.0 Å². The molecule has 20 heavy (non-hydrogen) atoms. The second-order valence-corrected chi connectivity index (χ2v) is 5.55. The van der Waals surface area contributed by atoms with Crippen LogP contribution in [0, 0.1) is 0 Å². The summed E-state index contributed by atoms with van der Waals surface area (Å²) in [5.41, 5.74) is 6.28. The van der Waals surface area contributed by atoms with Gasteiger partial charge >= 0.3 is 0 Å². The van der Waals surface area contributed by atoms with Crippen LogP contribution in [0.3, 0.4) is 0 Å². The average molecular weight is 301 g/mol. The minimum Gasteiger partial charge on any atom is -0.394 e. The fourth-order valence-corrected chi connectivity index (χ4v) is 2.74. The van der Waals surface area contributed by atoms with E-state index in [1.807, 2.05) is 0 Å². The molecular weight excluding hydrogens is 280 g/mol. The summed E-state index contributed by atoms with van der Waals surface area (Å²) < 4.78 is 1.15. The molecule has 1 aliphatic rings. The van der Waals surface area contributed by atoms with Crippen molar-refractivity contribution in [1.82, 2.24) is 9.78 Å². The molecule has 0 radical (unpaired) electrons. The van der Waals surface area contributed by atoms with Gasteiger partial charge in [0.15, 0.2) is 0 Å². The molecule has 0 bridgehead atoms. The Kier molecular flexibility index (Phi) is 5.39. The van der Waals surface area contributed by atoms with E-state index in [9.17, 15) is 4.79 Å². The van der Waals surface area contributed by atoms with Crippen molar-refractivity contribution in [3.63, 3.8) is 0 Å². The van der Waals surface area contributed by atoms with E-state index in [1.165, 1.54) is 12.6 Å². The molecule has 1 saturated carbocycles. The first-order valence-electron chi connectivity index (χ1n) is 7.02. The lowest BCUT2D eigenvalue weighted by molar-refractivity contribution is 0.266. The zero-order chi connectivity index (χ0) is 14.5. The van der Waals surface area contributed by atoms with Crippen LogP contribution in [-0.2, 0) is 6.54 Å². The topological polar surface area (TPSA) is 93.2 Å². The zero-order valence-corrected chi connectivity index (χ0v) is 12.1. The van der Waals surface area contributed by atoms with Crippen molar-refractivity contribution < 1.29 is 5.11 Å². The molecule has 0 aromatic carbocycles. The number of aliphatic hydroxyl groups is 1. The number of aromatic nitrogens is 2. The maximum Gasteiger partial charge on any atom is 0.287 e. The maximum absolute atomic E-state index is 12.0. The van der Waals surface area contributed by atoms with Crippen LogP contribution in [-0.4, -0.2) is 33.6 Å². The Morgan fingerprint density at radius 1 is 1.45 bits per heavy atom. The molecule has 2 atom stereocenters. The van der Waals surface area contributed by atoms with E-state index in [0.29, 0.717) is 5.69 Å². The van der Waals surface area contributed by atoms with E-state index in [1.54, 1.807) is 0 Å². The fraction of sp³-hybridized carbons (Fsp3) is 0.692. The van der Waals surface area contributed by atoms with Gasteiger partial charge < -0.3 is 16.2 Å². The molecule has 0 spiro atoms. The Balaban J connectivity index is 2.16. The van der Waals surface area contributed by atoms with Crippen molar-refractivity contribution in [2.75, 3.05) is 11.9 Å². The van der Waals surface area contributed by atoms with Crippen LogP contribution in [0.5, 0.6) is 0 Å². The Morgan fingerprint density at radius 3 is 2.95 bits per heavy atom. The molecule has 2 unspecified atom stereocenters. The van der Waals surface area contributed by atoms with Gasteiger partial charge in [-0.05, 0) is 12.8 Å². The second kappa shape index (κ2) is 7.06. The third-order valence-electron chi connectivity index (χ3n) is 3.71. The van der Waals surface area contributed by atoms with E-state index >= 15 is 0 Å². The lowest BCUT2D eigenvalue weighted by Crippen LogP contribution is -2.40. The molecule has 1 aromatic rings. The molecule has 1 fully saturated rings. The fourth-order valence-electron chi connectivity index (χ4n) is 2.53. The SMILES string of the molecule is NC1CCCCCC1Nc1cnn(CCO)c(=O)c1Cl. The predicted octanol–water partition coefficient (Wildman–Crippen LogP) is 0.961. The number of hydrogen-bond acceptors (Lipinski definition) is 5. The van der Waals surface area contributed by atoms with Crippen LogP contribution >= 0.6 is 11.6 Å². The largest absolute Gasteiger partial charge is 0.394 e. The maximum atomic E-state index is 12.0. The molecule has 1 heterocycles. The summed E-state index contributed by atoms with van der Waals surface area (Å²) in [4.78, 5) is 12.0. The number of nitrogens with two attached hydrogens (primary N) is 1. The minimum atomic E-state index is -0.395. The summed E-state index contributed by atoms with van der Waals surface area (Å²) in [6, 6.07) is 0.179. The van der Waals surface area contributed by atoms with Crippen LogP contribution in [0.2, 0.25) is 5.02 Å². The third kappa shape index (κ3) is 3.50. The number of hydrogen-bond donors (Lipinski definition) is 3. The summed E-state index contributed by atoms with van der Waals surface area (Å²) in [5.74, 6) is 0. The first kappa shape index (κ1) is 15.3. The number of anilines is 1. The van der Waals surface area contributed by atoms with Gasteiger partial charge in [-0.1, -0.05) is 30.9 Å². The molecule has 7 heteroatoms. The van der Waals surface area contributed by atoms with Gasteiger partial charge in [0.1, 0.15) is 5.02 Å². The molecule has 1 aliphatic carbocycles. The Morgan fingerprint density at radius 2 is 2.20 bits per heavy atom. The van der Waals surface area contributed by atoms with E-state index in [0.717, 1.165) is 30.4 Å². The molecule has 0 saturated heterocycles. The highest BCUT2D eigenvalue weighted by atomic mass is 35.5. The highest BCUT2D eigenvalue weighted by Crippen LogP contribution is 2.23. The van der Waals surface area contributed by atoms with Crippen molar-refractivity contribution in [2.45, 2.75) is 50.7 Å². The van der Waals surface area contributed by atoms with Crippen LogP contribution in [0.1, 0.15) is 32.1 Å². The molecule has 0 amide bonds.